The first-order valence-electron chi connectivity index (χ1n) is 7.60. The van der Waals surface area contributed by atoms with Crippen LogP contribution >= 0.6 is 0 Å². The summed E-state index contributed by atoms with van der Waals surface area (Å²) in [6, 6.07) is 5.24. The number of imidazole rings is 1. The van der Waals surface area contributed by atoms with Gasteiger partial charge in [0.15, 0.2) is 0 Å². The van der Waals surface area contributed by atoms with Gasteiger partial charge in [0.2, 0.25) is 5.91 Å². The molecule has 0 spiro atoms. The van der Waals surface area contributed by atoms with Gasteiger partial charge in [-0.3, -0.25) is 13.9 Å². The Labute approximate surface area is 128 Å². The van der Waals surface area contributed by atoms with Gasteiger partial charge in [-0.15, -0.1) is 0 Å². The van der Waals surface area contributed by atoms with E-state index in [1.807, 2.05) is 18.2 Å². The summed E-state index contributed by atoms with van der Waals surface area (Å²) < 4.78 is 3.17. The minimum atomic E-state index is -0.819. The van der Waals surface area contributed by atoms with Crippen LogP contribution < -0.4 is 11.0 Å². The topological polar surface area (TPSA) is 76.3 Å². The van der Waals surface area contributed by atoms with E-state index in [0.717, 1.165) is 16.6 Å². The summed E-state index contributed by atoms with van der Waals surface area (Å²) in [6.07, 6.45) is 0.0850. The molecule has 1 aliphatic rings. The number of hydrogen-bond donors (Lipinski definition) is 2. The summed E-state index contributed by atoms with van der Waals surface area (Å²) >= 11 is 0. The zero-order valence-electron chi connectivity index (χ0n) is 13.0. The molecular weight excluding hydrogens is 282 g/mol. The molecule has 1 aromatic carbocycles. The molecule has 1 saturated heterocycles. The molecule has 22 heavy (non-hydrogen) atoms. The number of aliphatic hydroxyl groups is 1. The number of benzene rings is 1. The highest BCUT2D eigenvalue weighted by molar-refractivity contribution is 5.86. The highest BCUT2D eigenvalue weighted by atomic mass is 16.3. The van der Waals surface area contributed by atoms with Crippen LogP contribution in [0.15, 0.2) is 23.0 Å². The largest absolute Gasteiger partial charge is 0.374 e. The molecule has 1 aromatic heterocycles. The van der Waals surface area contributed by atoms with Crippen molar-refractivity contribution in [3.05, 3.63) is 34.2 Å². The number of aromatic nitrogens is 2. The van der Waals surface area contributed by atoms with Gasteiger partial charge in [-0.1, -0.05) is 26.0 Å². The third-order valence-electron chi connectivity index (χ3n) is 4.39. The van der Waals surface area contributed by atoms with E-state index in [-0.39, 0.29) is 17.5 Å². The van der Waals surface area contributed by atoms with Crippen LogP contribution in [0.5, 0.6) is 0 Å². The van der Waals surface area contributed by atoms with Gasteiger partial charge in [-0.2, -0.15) is 0 Å². The van der Waals surface area contributed by atoms with Crippen molar-refractivity contribution >= 4 is 16.9 Å². The summed E-state index contributed by atoms with van der Waals surface area (Å²) in [4.78, 5) is 24.9. The van der Waals surface area contributed by atoms with E-state index < -0.39 is 12.3 Å². The molecule has 6 heteroatoms. The lowest BCUT2D eigenvalue weighted by molar-refractivity contribution is -0.130. The van der Waals surface area contributed by atoms with E-state index in [4.69, 9.17) is 0 Å². The number of carbonyl (C=O) groups is 1. The smallest absolute Gasteiger partial charge is 0.329 e. The zero-order valence-corrected chi connectivity index (χ0v) is 13.0. The van der Waals surface area contributed by atoms with Crippen molar-refractivity contribution in [3.8, 4) is 0 Å². The van der Waals surface area contributed by atoms with E-state index >= 15 is 0 Å². The lowest BCUT2D eigenvalue weighted by Crippen LogP contribution is -2.46. The molecule has 0 radical (unpaired) electrons. The molecule has 1 unspecified atom stereocenters. The van der Waals surface area contributed by atoms with Crippen LogP contribution in [-0.2, 0) is 11.8 Å². The minimum Gasteiger partial charge on any atom is -0.374 e. The van der Waals surface area contributed by atoms with Gasteiger partial charge in [0.25, 0.3) is 0 Å². The Kier molecular flexibility index (Phi) is 3.56. The molecule has 3 rings (SSSR count). The van der Waals surface area contributed by atoms with Gasteiger partial charge >= 0.3 is 5.69 Å². The Morgan fingerprint density at radius 1 is 1.27 bits per heavy atom. The van der Waals surface area contributed by atoms with Crippen molar-refractivity contribution in [3.63, 3.8) is 0 Å². The number of nitrogens with one attached hydrogen (secondary N) is 1. The molecule has 0 aliphatic carbocycles. The predicted octanol–water partition coefficient (Wildman–Crippen LogP) is 1.23. The number of aliphatic hydroxyl groups excluding tert-OH is 1. The van der Waals surface area contributed by atoms with Gasteiger partial charge in [-0.05, 0) is 30.4 Å². The Balaban J connectivity index is 2.23. The summed E-state index contributed by atoms with van der Waals surface area (Å²) in [5.41, 5.74) is 2.54. The zero-order chi connectivity index (χ0) is 16.0. The van der Waals surface area contributed by atoms with Crippen LogP contribution in [0.3, 0.4) is 0 Å². The van der Waals surface area contributed by atoms with E-state index in [0.29, 0.717) is 12.8 Å². The number of amides is 1. The second kappa shape index (κ2) is 5.28. The lowest BCUT2D eigenvalue weighted by Gasteiger charge is -2.26. The van der Waals surface area contributed by atoms with Crippen LogP contribution in [0.25, 0.3) is 11.0 Å². The van der Waals surface area contributed by atoms with Crippen LogP contribution in [0.4, 0.5) is 0 Å². The van der Waals surface area contributed by atoms with Crippen molar-refractivity contribution < 1.29 is 9.90 Å². The fraction of sp³-hybridized carbons (Fsp3) is 0.500. The van der Waals surface area contributed by atoms with Crippen molar-refractivity contribution in [1.82, 2.24) is 14.5 Å². The predicted molar refractivity (Wildman–Crippen MR) is 83.7 cm³/mol. The molecule has 2 N–H and O–H groups in total. The van der Waals surface area contributed by atoms with E-state index in [2.05, 4.69) is 19.2 Å². The second-order valence-corrected chi connectivity index (χ2v) is 6.20. The van der Waals surface area contributed by atoms with Crippen LogP contribution in [0.1, 0.15) is 44.2 Å². The van der Waals surface area contributed by atoms with Gasteiger partial charge in [0, 0.05) is 7.05 Å². The first kappa shape index (κ1) is 14.8. The second-order valence-electron chi connectivity index (χ2n) is 6.20. The first-order valence-corrected chi connectivity index (χ1v) is 7.60. The average molecular weight is 303 g/mol. The van der Waals surface area contributed by atoms with Crippen LogP contribution in [0, 0.1) is 0 Å². The Hall–Kier alpha value is -2.08. The summed E-state index contributed by atoms with van der Waals surface area (Å²) in [5.74, 6) is -0.0181. The molecule has 6 nitrogen and oxygen atoms in total. The number of piperidine rings is 1. The number of rotatable bonds is 2. The molecule has 2 atom stereocenters. The molecule has 0 bridgehead atoms. The quantitative estimate of drug-likeness (QED) is 0.876. The standard InChI is InChI=1S/C16H21N3O3/c1-9(2)10-5-4-6-11-14(10)18(3)16(22)19(11)12-7-8-13(20)17-15(12)21/h4-6,9,12-13,20H,7-8H2,1-3H3,(H,17,21)/t12-,13?/m0/s1. The first-order chi connectivity index (χ1) is 10.4. The maximum absolute atomic E-state index is 12.7. The Morgan fingerprint density at radius 3 is 2.64 bits per heavy atom. The normalized spacial score (nSPS) is 22.3. The highest BCUT2D eigenvalue weighted by Gasteiger charge is 2.31. The number of carbonyl (C=O) groups excluding carboxylic acids is 1. The molecular formula is C16H21N3O3. The number of fused-ring (bicyclic) bond motifs is 1. The number of nitrogens with zero attached hydrogens (tertiary/aromatic N) is 2. The monoisotopic (exact) mass is 303 g/mol. The molecule has 1 amide bonds. The average Bonchev–Trinajstić information content (AvgIpc) is 2.72. The summed E-state index contributed by atoms with van der Waals surface area (Å²) in [6.45, 7) is 4.17. The number of para-hydroxylation sites is 1. The SMILES string of the molecule is CC(C)c1cccc2c1n(C)c(=O)n2[C@H]1CCC(O)NC1=O. The third kappa shape index (κ3) is 2.14. The number of aryl methyl sites for hydroxylation is 1. The fourth-order valence-corrected chi connectivity index (χ4v) is 3.26. The maximum atomic E-state index is 12.7. The maximum Gasteiger partial charge on any atom is 0.329 e. The van der Waals surface area contributed by atoms with Gasteiger partial charge in [-0.25, -0.2) is 4.79 Å². The third-order valence-corrected chi connectivity index (χ3v) is 4.39. The van der Waals surface area contributed by atoms with Crippen molar-refractivity contribution in [2.24, 2.45) is 7.05 Å². The van der Waals surface area contributed by atoms with Crippen molar-refractivity contribution in [2.75, 3.05) is 0 Å². The van der Waals surface area contributed by atoms with E-state index in [9.17, 15) is 14.7 Å². The van der Waals surface area contributed by atoms with E-state index in [1.54, 1.807) is 16.2 Å². The van der Waals surface area contributed by atoms with Gasteiger partial charge in [0.05, 0.1) is 11.0 Å². The molecule has 2 heterocycles. The van der Waals surface area contributed by atoms with Gasteiger partial charge < -0.3 is 10.4 Å². The molecule has 2 aromatic rings. The van der Waals surface area contributed by atoms with Crippen molar-refractivity contribution in [1.29, 1.82) is 0 Å². The molecule has 0 saturated carbocycles. The molecule has 118 valence electrons. The summed E-state index contributed by atoms with van der Waals surface area (Å²) in [5, 5.41) is 12.0. The lowest BCUT2D eigenvalue weighted by atomic mass is 10.0. The minimum absolute atomic E-state index is 0.195. The van der Waals surface area contributed by atoms with Crippen molar-refractivity contribution in [2.45, 2.75) is 44.9 Å². The van der Waals surface area contributed by atoms with Gasteiger partial charge in [0.1, 0.15) is 12.3 Å². The Morgan fingerprint density at radius 2 is 2.00 bits per heavy atom. The molecule has 1 aliphatic heterocycles. The fourth-order valence-electron chi connectivity index (χ4n) is 3.26. The number of hydrogen-bond acceptors (Lipinski definition) is 3. The Bertz CT molecular complexity index is 788. The van der Waals surface area contributed by atoms with Crippen LogP contribution in [-0.4, -0.2) is 26.4 Å². The summed E-state index contributed by atoms with van der Waals surface area (Å²) in [7, 11) is 1.74. The molecule has 1 fully saturated rings. The van der Waals surface area contributed by atoms with E-state index in [1.165, 1.54) is 0 Å². The highest BCUT2D eigenvalue weighted by Crippen LogP contribution is 2.28. The van der Waals surface area contributed by atoms with Crippen LogP contribution in [0.2, 0.25) is 0 Å².